The van der Waals surface area contributed by atoms with Crippen LogP contribution in [-0.2, 0) is 0 Å². The number of aryl methyl sites for hydroxylation is 1. The summed E-state index contributed by atoms with van der Waals surface area (Å²) in [5, 5.41) is 0. The largest absolute Gasteiger partial charge is 0.463 e. The van der Waals surface area contributed by atoms with Gasteiger partial charge in [0.05, 0.1) is 17.5 Å². The van der Waals surface area contributed by atoms with E-state index in [1.165, 1.54) is 0 Å². The second-order valence-electron chi connectivity index (χ2n) is 6.32. The maximum absolute atomic E-state index is 12.8. The Bertz CT molecular complexity index is 690. The standard InChI is InChI=1S/C18H23N3O2.2ClH/c1-12(19)14-5-3-9-21(11-14)18(22)15-7-8-16(20-13(15)2)17-6-4-10-23-17;;/h4,6-8,10,12,14H,3,5,9,11,19H2,1-2H3;2*1H. The zero-order valence-electron chi connectivity index (χ0n) is 14.5. The molecule has 1 amide bonds. The molecule has 3 heterocycles. The summed E-state index contributed by atoms with van der Waals surface area (Å²) in [7, 11) is 0. The van der Waals surface area contributed by atoms with Gasteiger partial charge in [-0.1, -0.05) is 0 Å². The summed E-state index contributed by atoms with van der Waals surface area (Å²) in [6, 6.07) is 7.49. The number of amides is 1. The van der Waals surface area contributed by atoms with Crippen molar-refractivity contribution in [1.82, 2.24) is 9.88 Å². The van der Waals surface area contributed by atoms with Gasteiger partial charge in [0, 0.05) is 19.1 Å². The van der Waals surface area contributed by atoms with Gasteiger partial charge in [0.1, 0.15) is 5.69 Å². The average Bonchev–Trinajstić information content (AvgIpc) is 3.08. The SMILES string of the molecule is Cc1nc(-c2ccco2)ccc1C(=O)N1CCCC(C(C)N)C1.Cl.Cl. The Morgan fingerprint density at radius 2 is 2.12 bits per heavy atom. The van der Waals surface area contributed by atoms with Crippen molar-refractivity contribution in [2.24, 2.45) is 11.7 Å². The van der Waals surface area contributed by atoms with Gasteiger partial charge in [-0.3, -0.25) is 4.79 Å². The van der Waals surface area contributed by atoms with Gasteiger partial charge in [-0.25, -0.2) is 4.98 Å². The first-order valence-corrected chi connectivity index (χ1v) is 8.12. The molecule has 1 aliphatic heterocycles. The van der Waals surface area contributed by atoms with Crippen molar-refractivity contribution in [3.05, 3.63) is 41.8 Å². The predicted molar refractivity (Wildman–Crippen MR) is 103 cm³/mol. The minimum absolute atomic E-state index is 0. The Kier molecular flexibility index (Phi) is 7.93. The third-order valence-corrected chi connectivity index (χ3v) is 4.58. The molecule has 2 aromatic rings. The monoisotopic (exact) mass is 385 g/mol. The lowest BCUT2D eigenvalue weighted by atomic mass is 9.92. The van der Waals surface area contributed by atoms with E-state index < -0.39 is 0 Å². The molecule has 1 fully saturated rings. The third-order valence-electron chi connectivity index (χ3n) is 4.58. The van der Waals surface area contributed by atoms with Crippen LogP contribution in [0.2, 0.25) is 0 Å². The zero-order chi connectivity index (χ0) is 16.4. The number of pyridine rings is 1. The first-order chi connectivity index (χ1) is 11.1. The van der Waals surface area contributed by atoms with Gasteiger partial charge in [0.15, 0.2) is 5.76 Å². The fraction of sp³-hybridized carbons (Fsp3) is 0.444. The van der Waals surface area contributed by atoms with E-state index in [9.17, 15) is 4.79 Å². The molecule has 0 spiro atoms. The van der Waals surface area contributed by atoms with Crippen molar-refractivity contribution < 1.29 is 9.21 Å². The maximum atomic E-state index is 12.8. The minimum Gasteiger partial charge on any atom is -0.463 e. The van der Waals surface area contributed by atoms with Gasteiger partial charge in [0.25, 0.3) is 5.91 Å². The Morgan fingerprint density at radius 3 is 2.72 bits per heavy atom. The highest BCUT2D eigenvalue weighted by molar-refractivity contribution is 5.95. The molecule has 2 atom stereocenters. The molecule has 3 rings (SSSR count). The number of hydrogen-bond acceptors (Lipinski definition) is 4. The zero-order valence-corrected chi connectivity index (χ0v) is 16.1. The smallest absolute Gasteiger partial charge is 0.255 e. The second kappa shape index (κ2) is 9.22. The number of aromatic nitrogens is 1. The molecule has 5 nitrogen and oxygen atoms in total. The lowest BCUT2D eigenvalue weighted by Crippen LogP contribution is -2.45. The van der Waals surface area contributed by atoms with E-state index in [4.69, 9.17) is 10.2 Å². The third kappa shape index (κ3) is 4.75. The molecule has 138 valence electrons. The number of nitrogens with two attached hydrogens (primary N) is 1. The Morgan fingerprint density at radius 1 is 1.36 bits per heavy atom. The van der Waals surface area contributed by atoms with Crippen LogP contribution in [0.3, 0.4) is 0 Å². The predicted octanol–water partition coefficient (Wildman–Crippen LogP) is 3.69. The van der Waals surface area contributed by atoms with E-state index in [0.717, 1.165) is 37.3 Å². The lowest BCUT2D eigenvalue weighted by molar-refractivity contribution is 0.0659. The number of rotatable bonds is 3. The molecule has 7 heteroatoms. The molecule has 0 radical (unpaired) electrons. The summed E-state index contributed by atoms with van der Waals surface area (Å²) in [5.74, 6) is 1.14. The molecule has 2 aromatic heterocycles. The van der Waals surface area contributed by atoms with E-state index >= 15 is 0 Å². The number of carbonyl (C=O) groups is 1. The van der Waals surface area contributed by atoms with E-state index in [-0.39, 0.29) is 36.8 Å². The number of halogens is 2. The number of hydrogen-bond donors (Lipinski definition) is 1. The summed E-state index contributed by atoms with van der Waals surface area (Å²) in [6.07, 6.45) is 3.72. The normalized spacial score (nSPS) is 18.0. The first-order valence-electron chi connectivity index (χ1n) is 8.12. The van der Waals surface area contributed by atoms with Crippen LogP contribution >= 0.6 is 24.8 Å². The topological polar surface area (TPSA) is 72.4 Å². The van der Waals surface area contributed by atoms with Crippen LogP contribution in [-0.4, -0.2) is 34.9 Å². The second-order valence-corrected chi connectivity index (χ2v) is 6.32. The molecule has 1 aliphatic rings. The van der Waals surface area contributed by atoms with Gasteiger partial charge >= 0.3 is 0 Å². The highest BCUT2D eigenvalue weighted by Crippen LogP contribution is 2.23. The number of furan rings is 1. The van der Waals surface area contributed by atoms with Crippen molar-refractivity contribution in [2.75, 3.05) is 13.1 Å². The average molecular weight is 386 g/mol. The number of piperidine rings is 1. The summed E-state index contributed by atoms with van der Waals surface area (Å²) < 4.78 is 5.36. The molecule has 2 unspecified atom stereocenters. The Balaban J connectivity index is 0.00000156. The molecule has 25 heavy (non-hydrogen) atoms. The van der Waals surface area contributed by atoms with Gasteiger partial charge in [-0.15, -0.1) is 24.8 Å². The molecule has 0 saturated carbocycles. The van der Waals surface area contributed by atoms with Crippen molar-refractivity contribution in [3.8, 4) is 11.5 Å². The van der Waals surface area contributed by atoms with E-state index in [2.05, 4.69) is 4.98 Å². The minimum atomic E-state index is 0. The summed E-state index contributed by atoms with van der Waals surface area (Å²) in [5.41, 5.74) is 8.14. The highest BCUT2D eigenvalue weighted by Gasteiger charge is 2.27. The van der Waals surface area contributed by atoms with Crippen LogP contribution < -0.4 is 5.73 Å². The first kappa shape index (κ1) is 21.5. The van der Waals surface area contributed by atoms with Crippen LogP contribution in [0.5, 0.6) is 0 Å². The van der Waals surface area contributed by atoms with Crippen LogP contribution in [0.4, 0.5) is 0 Å². The molecule has 0 aliphatic carbocycles. The van der Waals surface area contributed by atoms with Gasteiger partial charge in [0.2, 0.25) is 0 Å². The quantitative estimate of drug-likeness (QED) is 0.873. The Labute approximate surface area is 160 Å². The van der Waals surface area contributed by atoms with E-state index in [1.807, 2.05) is 43.0 Å². The lowest BCUT2D eigenvalue weighted by Gasteiger charge is -2.34. The molecule has 2 N–H and O–H groups in total. The van der Waals surface area contributed by atoms with Crippen LogP contribution in [0.1, 0.15) is 35.8 Å². The number of likely N-dealkylation sites (tertiary alicyclic amines) is 1. The van der Waals surface area contributed by atoms with Crippen LogP contribution in [0, 0.1) is 12.8 Å². The van der Waals surface area contributed by atoms with Gasteiger partial charge in [-0.2, -0.15) is 0 Å². The summed E-state index contributed by atoms with van der Waals surface area (Å²) in [4.78, 5) is 19.2. The molecule has 0 bridgehead atoms. The van der Waals surface area contributed by atoms with Crippen molar-refractivity contribution in [1.29, 1.82) is 0 Å². The van der Waals surface area contributed by atoms with E-state index in [0.29, 0.717) is 17.2 Å². The Hall–Kier alpha value is -1.56. The van der Waals surface area contributed by atoms with Crippen molar-refractivity contribution in [3.63, 3.8) is 0 Å². The fourth-order valence-corrected chi connectivity index (χ4v) is 3.14. The van der Waals surface area contributed by atoms with Crippen molar-refractivity contribution >= 4 is 30.7 Å². The van der Waals surface area contributed by atoms with Gasteiger partial charge in [-0.05, 0) is 56.9 Å². The highest BCUT2D eigenvalue weighted by atomic mass is 35.5. The molecule has 0 aromatic carbocycles. The van der Waals surface area contributed by atoms with Crippen LogP contribution in [0.15, 0.2) is 34.9 Å². The van der Waals surface area contributed by atoms with Crippen LogP contribution in [0.25, 0.3) is 11.5 Å². The number of carbonyl (C=O) groups excluding carboxylic acids is 1. The maximum Gasteiger partial charge on any atom is 0.255 e. The summed E-state index contributed by atoms with van der Waals surface area (Å²) in [6.45, 7) is 5.41. The molecule has 1 saturated heterocycles. The van der Waals surface area contributed by atoms with E-state index in [1.54, 1.807) is 6.26 Å². The molecular formula is C18H25Cl2N3O2. The van der Waals surface area contributed by atoms with Gasteiger partial charge < -0.3 is 15.1 Å². The number of nitrogens with zero attached hydrogens (tertiary/aromatic N) is 2. The summed E-state index contributed by atoms with van der Waals surface area (Å²) >= 11 is 0. The molecular weight excluding hydrogens is 361 g/mol. The fourth-order valence-electron chi connectivity index (χ4n) is 3.14. The van der Waals surface area contributed by atoms with Crippen molar-refractivity contribution in [2.45, 2.75) is 32.7 Å².